The van der Waals surface area contributed by atoms with E-state index in [4.69, 9.17) is 0 Å². The number of carbonyl (C=O) groups is 1. The lowest BCUT2D eigenvalue weighted by molar-refractivity contribution is -0.115. The first kappa shape index (κ1) is 16.6. The zero-order valence-electron chi connectivity index (χ0n) is 12.9. The Bertz CT molecular complexity index is 849. The van der Waals surface area contributed by atoms with Crippen LogP contribution in [0.2, 0.25) is 0 Å². The first-order chi connectivity index (χ1) is 11.6. The summed E-state index contributed by atoms with van der Waals surface area (Å²) in [5.41, 5.74) is 0.374. The van der Waals surface area contributed by atoms with E-state index in [1.807, 2.05) is 0 Å². The molecule has 0 fully saturated rings. The van der Waals surface area contributed by atoms with E-state index in [0.717, 1.165) is 0 Å². The van der Waals surface area contributed by atoms with Crippen LogP contribution in [0.3, 0.4) is 0 Å². The second kappa shape index (κ2) is 7.10. The Kier molecular flexibility index (Phi) is 4.91. The summed E-state index contributed by atoms with van der Waals surface area (Å²) in [6, 6.07) is 6.38. The van der Waals surface area contributed by atoms with E-state index in [9.17, 15) is 9.18 Å². The predicted octanol–water partition coefficient (Wildman–Crippen LogP) is 3.20. The summed E-state index contributed by atoms with van der Waals surface area (Å²) in [7, 11) is 1.75. The summed E-state index contributed by atoms with van der Waals surface area (Å²) < 4.78 is 15.6. The molecule has 0 unspecified atom stereocenters. The molecule has 124 valence electrons. The molecule has 0 spiro atoms. The molecule has 0 aliphatic heterocycles. The molecule has 1 aromatic carbocycles. The normalized spacial score (nSPS) is 12.1. The highest BCUT2D eigenvalue weighted by Crippen LogP contribution is 2.27. The van der Waals surface area contributed by atoms with E-state index >= 15 is 0 Å². The number of rotatable bonds is 5. The lowest BCUT2D eigenvalue weighted by atomic mass is 10.2. The van der Waals surface area contributed by atoms with Gasteiger partial charge >= 0.3 is 0 Å². The molecule has 1 amide bonds. The van der Waals surface area contributed by atoms with Crippen molar-refractivity contribution < 1.29 is 9.18 Å². The van der Waals surface area contributed by atoms with Crippen LogP contribution in [0, 0.1) is 5.82 Å². The van der Waals surface area contributed by atoms with E-state index in [2.05, 4.69) is 20.5 Å². The van der Waals surface area contributed by atoms with Gasteiger partial charge in [0.15, 0.2) is 16.1 Å². The van der Waals surface area contributed by atoms with Crippen LogP contribution in [-0.4, -0.2) is 30.9 Å². The van der Waals surface area contributed by atoms with Gasteiger partial charge in [0.05, 0.1) is 10.8 Å². The van der Waals surface area contributed by atoms with Crippen molar-refractivity contribution in [3.63, 3.8) is 0 Å². The average Bonchev–Trinajstić information content (AvgIpc) is 3.19. The maximum atomic E-state index is 13.9. The Hall–Kier alpha value is -2.26. The highest BCUT2D eigenvalue weighted by molar-refractivity contribution is 8.00. The molecule has 3 rings (SSSR count). The molecular weight excluding hydrogens is 349 g/mol. The van der Waals surface area contributed by atoms with E-state index < -0.39 is 5.25 Å². The first-order valence-electron chi connectivity index (χ1n) is 7.07. The molecule has 2 aromatic heterocycles. The number of hydrogen-bond acceptors (Lipinski definition) is 6. The zero-order chi connectivity index (χ0) is 17.1. The lowest BCUT2D eigenvalue weighted by Gasteiger charge is -2.10. The molecule has 3 aromatic rings. The van der Waals surface area contributed by atoms with Crippen LogP contribution in [0.25, 0.3) is 11.4 Å². The minimum absolute atomic E-state index is 0.176. The van der Waals surface area contributed by atoms with Gasteiger partial charge in [-0.15, -0.1) is 21.5 Å². The molecule has 0 saturated carbocycles. The van der Waals surface area contributed by atoms with Gasteiger partial charge in [0, 0.05) is 18.6 Å². The molecule has 0 saturated heterocycles. The third-order valence-electron chi connectivity index (χ3n) is 3.26. The number of nitrogens with zero attached hydrogens (tertiary/aromatic N) is 4. The fraction of sp³-hybridized carbons (Fsp3) is 0.200. The Morgan fingerprint density at radius 1 is 1.38 bits per heavy atom. The standard InChI is InChI=1S/C15H14FN5OS2/c1-9(13(22)18-14-17-7-8-23-14)24-15-20-19-12(21(15)2)10-5-3-4-6-11(10)16/h3-9H,1-2H3,(H,17,18,22)/t9-/m1/s1. The molecule has 0 aliphatic rings. The number of carbonyl (C=O) groups excluding carboxylic acids is 1. The SMILES string of the molecule is C[C@@H](Sc1nnc(-c2ccccc2F)n1C)C(=O)Nc1nccs1. The highest BCUT2D eigenvalue weighted by Gasteiger charge is 2.20. The van der Waals surface area contributed by atoms with Gasteiger partial charge in [0.1, 0.15) is 5.82 Å². The monoisotopic (exact) mass is 363 g/mol. The van der Waals surface area contributed by atoms with Crippen LogP contribution in [0.15, 0.2) is 41.0 Å². The maximum absolute atomic E-state index is 13.9. The molecule has 2 heterocycles. The van der Waals surface area contributed by atoms with Gasteiger partial charge in [0.2, 0.25) is 5.91 Å². The van der Waals surface area contributed by atoms with Gasteiger partial charge in [-0.2, -0.15) is 0 Å². The van der Waals surface area contributed by atoms with Crippen LogP contribution in [0.1, 0.15) is 6.92 Å². The molecular formula is C15H14FN5OS2. The largest absolute Gasteiger partial charge is 0.305 e. The number of amides is 1. The topological polar surface area (TPSA) is 72.7 Å². The van der Waals surface area contributed by atoms with E-state index in [1.54, 1.807) is 48.3 Å². The van der Waals surface area contributed by atoms with E-state index in [-0.39, 0.29) is 11.7 Å². The maximum Gasteiger partial charge on any atom is 0.239 e. The Morgan fingerprint density at radius 2 is 2.17 bits per heavy atom. The summed E-state index contributed by atoms with van der Waals surface area (Å²) in [5, 5.41) is 13.3. The predicted molar refractivity (Wildman–Crippen MR) is 92.5 cm³/mol. The minimum Gasteiger partial charge on any atom is -0.305 e. The number of nitrogens with one attached hydrogen (secondary N) is 1. The summed E-state index contributed by atoms with van der Waals surface area (Å²) in [5.74, 6) is -0.118. The molecule has 9 heteroatoms. The van der Waals surface area contributed by atoms with Gasteiger partial charge in [-0.25, -0.2) is 9.37 Å². The Labute approximate surface area is 146 Å². The fourth-order valence-electron chi connectivity index (χ4n) is 2.00. The van der Waals surface area contributed by atoms with Gasteiger partial charge in [-0.3, -0.25) is 4.79 Å². The van der Waals surface area contributed by atoms with Crippen molar-refractivity contribution in [1.29, 1.82) is 0 Å². The van der Waals surface area contributed by atoms with Crippen molar-refractivity contribution >= 4 is 34.1 Å². The van der Waals surface area contributed by atoms with Gasteiger partial charge in [0.25, 0.3) is 0 Å². The summed E-state index contributed by atoms with van der Waals surface area (Å²) in [4.78, 5) is 16.2. The molecule has 6 nitrogen and oxygen atoms in total. The molecule has 0 bridgehead atoms. The average molecular weight is 363 g/mol. The van der Waals surface area contributed by atoms with E-state index in [1.165, 1.54) is 29.2 Å². The van der Waals surface area contributed by atoms with Crippen LogP contribution < -0.4 is 5.32 Å². The number of thioether (sulfide) groups is 1. The molecule has 24 heavy (non-hydrogen) atoms. The number of halogens is 1. The van der Waals surface area contributed by atoms with Crippen molar-refractivity contribution in [1.82, 2.24) is 19.7 Å². The first-order valence-corrected chi connectivity index (χ1v) is 8.83. The number of hydrogen-bond donors (Lipinski definition) is 1. The second-order valence-electron chi connectivity index (χ2n) is 4.93. The van der Waals surface area contributed by atoms with Crippen molar-refractivity contribution in [2.45, 2.75) is 17.3 Å². The molecule has 0 aliphatic carbocycles. The Balaban J connectivity index is 1.74. The lowest BCUT2D eigenvalue weighted by Crippen LogP contribution is -2.22. The summed E-state index contributed by atoms with van der Waals surface area (Å²) in [6.45, 7) is 1.77. The fourth-order valence-corrected chi connectivity index (χ4v) is 3.35. The van der Waals surface area contributed by atoms with Crippen molar-refractivity contribution in [2.75, 3.05) is 5.32 Å². The quantitative estimate of drug-likeness (QED) is 0.705. The highest BCUT2D eigenvalue weighted by atomic mass is 32.2. The van der Waals surface area contributed by atoms with Gasteiger partial charge in [-0.05, 0) is 19.1 Å². The van der Waals surface area contributed by atoms with E-state index in [0.29, 0.717) is 21.7 Å². The third kappa shape index (κ3) is 3.46. The number of anilines is 1. The van der Waals surface area contributed by atoms with Crippen LogP contribution >= 0.6 is 23.1 Å². The van der Waals surface area contributed by atoms with Crippen molar-refractivity contribution in [2.24, 2.45) is 7.05 Å². The summed E-state index contributed by atoms with van der Waals surface area (Å²) in [6.07, 6.45) is 1.63. The van der Waals surface area contributed by atoms with Gasteiger partial charge < -0.3 is 9.88 Å². The van der Waals surface area contributed by atoms with Crippen LogP contribution in [0.4, 0.5) is 9.52 Å². The number of benzene rings is 1. The van der Waals surface area contributed by atoms with Gasteiger partial charge in [-0.1, -0.05) is 23.9 Å². The third-order valence-corrected chi connectivity index (χ3v) is 5.09. The second-order valence-corrected chi connectivity index (χ2v) is 7.13. The zero-order valence-corrected chi connectivity index (χ0v) is 14.6. The number of aromatic nitrogens is 4. The molecule has 1 N–H and O–H groups in total. The Morgan fingerprint density at radius 3 is 2.88 bits per heavy atom. The van der Waals surface area contributed by atoms with Crippen molar-refractivity contribution in [3.8, 4) is 11.4 Å². The van der Waals surface area contributed by atoms with Crippen LogP contribution in [0.5, 0.6) is 0 Å². The van der Waals surface area contributed by atoms with Crippen LogP contribution in [-0.2, 0) is 11.8 Å². The summed E-state index contributed by atoms with van der Waals surface area (Å²) >= 11 is 2.61. The molecule has 0 radical (unpaired) electrons. The molecule has 1 atom stereocenters. The smallest absolute Gasteiger partial charge is 0.239 e. The van der Waals surface area contributed by atoms with Crippen molar-refractivity contribution in [3.05, 3.63) is 41.7 Å². The number of thiazole rings is 1. The minimum atomic E-state index is -0.398.